The van der Waals surface area contributed by atoms with Crippen LogP contribution >= 0.6 is 0 Å². The molecule has 1 aromatic rings. The summed E-state index contributed by atoms with van der Waals surface area (Å²) in [5, 5.41) is 12.3. The van der Waals surface area contributed by atoms with E-state index in [0.717, 1.165) is 12.1 Å². The molecule has 1 aliphatic rings. The summed E-state index contributed by atoms with van der Waals surface area (Å²) in [5.41, 5.74) is 0.868. The average Bonchev–Trinajstić information content (AvgIpc) is 2.80. The number of hydrogen-bond donors (Lipinski definition) is 2. The number of hydrogen-bond acceptors (Lipinski definition) is 4. The van der Waals surface area contributed by atoms with Gasteiger partial charge in [0.2, 0.25) is 10.0 Å². The van der Waals surface area contributed by atoms with Crippen LogP contribution in [0.3, 0.4) is 0 Å². The van der Waals surface area contributed by atoms with Gasteiger partial charge < -0.3 is 10.4 Å². The van der Waals surface area contributed by atoms with E-state index in [1.54, 1.807) is 31.3 Å². The van der Waals surface area contributed by atoms with Gasteiger partial charge in [-0.1, -0.05) is 6.92 Å². The minimum absolute atomic E-state index is 0.130. The van der Waals surface area contributed by atoms with Crippen LogP contribution in [0.1, 0.15) is 13.3 Å². The smallest absolute Gasteiger partial charge is 0.243 e. The molecular formula is C13H20N2O3S. The molecule has 0 aromatic heterocycles. The lowest BCUT2D eigenvalue weighted by Gasteiger charge is -2.24. The molecule has 2 unspecified atom stereocenters. The predicted octanol–water partition coefficient (Wildman–Crippen LogP) is 1.12. The number of benzene rings is 1. The van der Waals surface area contributed by atoms with Crippen molar-refractivity contribution in [2.45, 2.75) is 24.3 Å². The third kappa shape index (κ3) is 2.61. The van der Waals surface area contributed by atoms with Gasteiger partial charge in [-0.25, -0.2) is 8.42 Å². The van der Waals surface area contributed by atoms with Crippen LogP contribution in [0.15, 0.2) is 29.2 Å². The van der Waals surface area contributed by atoms with Crippen molar-refractivity contribution in [3.8, 4) is 0 Å². The van der Waals surface area contributed by atoms with Crippen molar-refractivity contribution >= 4 is 15.7 Å². The summed E-state index contributed by atoms with van der Waals surface area (Å²) in [6.07, 6.45) is 0.791. The number of aliphatic hydroxyl groups is 1. The Balaban J connectivity index is 2.31. The molecule has 5 nitrogen and oxygen atoms in total. The topological polar surface area (TPSA) is 69.6 Å². The zero-order chi connectivity index (χ0) is 14.0. The molecule has 1 aliphatic heterocycles. The molecule has 2 atom stereocenters. The zero-order valence-electron chi connectivity index (χ0n) is 11.2. The zero-order valence-corrected chi connectivity index (χ0v) is 12.0. The van der Waals surface area contributed by atoms with Crippen LogP contribution in [0, 0.1) is 5.92 Å². The van der Waals surface area contributed by atoms with E-state index in [0.29, 0.717) is 6.54 Å². The highest BCUT2D eigenvalue weighted by molar-refractivity contribution is 7.89. The van der Waals surface area contributed by atoms with Crippen molar-refractivity contribution < 1.29 is 13.5 Å². The molecule has 0 spiro atoms. The van der Waals surface area contributed by atoms with Gasteiger partial charge in [-0.3, -0.25) is 0 Å². The quantitative estimate of drug-likeness (QED) is 0.869. The van der Waals surface area contributed by atoms with Crippen LogP contribution in [-0.2, 0) is 10.0 Å². The lowest BCUT2D eigenvalue weighted by molar-refractivity contribution is 0.191. The molecule has 19 heavy (non-hydrogen) atoms. The molecule has 1 fully saturated rings. The summed E-state index contributed by atoms with van der Waals surface area (Å²) in [5.74, 6) is 0.191. The minimum atomic E-state index is -3.51. The van der Waals surface area contributed by atoms with Crippen molar-refractivity contribution in [3.05, 3.63) is 24.3 Å². The van der Waals surface area contributed by atoms with Gasteiger partial charge in [-0.05, 0) is 36.6 Å². The highest BCUT2D eigenvalue weighted by Crippen LogP contribution is 2.30. The van der Waals surface area contributed by atoms with Gasteiger partial charge in [0.05, 0.1) is 17.5 Å². The Morgan fingerprint density at radius 2 is 2.00 bits per heavy atom. The molecule has 0 aliphatic carbocycles. The summed E-state index contributed by atoms with van der Waals surface area (Å²) in [4.78, 5) is 0.277. The van der Waals surface area contributed by atoms with Gasteiger partial charge in [0, 0.05) is 19.3 Å². The summed E-state index contributed by atoms with van der Waals surface area (Å²) in [6.45, 7) is 2.32. The fourth-order valence-corrected chi connectivity index (χ4v) is 4.20. The van der Waals surface area contributed by atoms with Gasteiger partial charge in [0.15, 0.2) is 0 Å². The second-order valence-electron chi connectivity index (χ2n) is 4.91. The number of aliphatic hydroxyl groups excluding tert-OH is 1. The van der Waals surface area contributed by atoms with Crippen LogP contribution in [0.4, 0.5) is 5.69 Å². The van der Waals surface area contributed by atoms with Crippen molar-refractivity contribution in [1.29, 1.82) is 0 Å². The highest BCUT2D eigenvalue weighted by Gasteiger charge is 2.38. The fourth-order valence-electron chi connectivity index (χ4n) is 2.47. The van der Waals surface area contributed by atoms with Gasteiger partial charge in [0.1, 0.15) is 0 Å². The van der Waals surface area contributed by atoms with Crippen molar-refractivity contribution in [1.82, 2.24) is 4.31 Å². The first-order valence-corrected chi connectivity index (χ1v) is 7.85. The number of sulfonamides is 1. The number of anilines is 1. The first-order chi connectivity index (χ1) is 9.00. The first kappa shape index (κ1) is 14.3. The summed E-state index contributed by atoms with van der Waals surface area (Å²) in [7, 11) is -1.73. The highest BCUT2D eigenvalue weighted by atomic mass is 32.2. The first-order valence-electron chi connectivity index (χ1n) is 6.41. The SMILES string of the molecule is CNc1ccc(S(=O)(=O)N2CCC(C)C2CO)cc1. The Morgan fingerprint density at radius 1 is 1.37 bits per heavy atom. The fraction of sp³-hybridized carbons (Fsp3) is 0.538. The van der Waals surface area contributed by atoms with Gasteiger partial charge in [-0.2, -0.15) is 4.31 Å². The molecule has 2 rings (SSSR count). The molecule has 6 heteroatoms. The summed E-state index contributed by atoms with van der Waals surface area (Å²) >= 11 is 0. The van der Waals surface area contributed by atoms with E-state index >= 15 is 0 Å². The molecule has 106 valence electrons. The van der Waals surface area contributed by atoms with E-state index in [9.17, 15) is 13.5 Å². The molecular weight excluding hydrogens is 264 g/mol. The maximum atomic E-state index is 12.5. The second kappa shape index (κ2) is 5.48. The second-order valence-corrected chi connectivity index (χ2v) is 6.80. The van der Waals surface area contributed by atoms with Crippen LogP contribution in [-0.4, -0.2) is 44.1 Å². The maximum absolute atomic E-state index is 12.5. The maximum Gasteiger partial charge on any atom is 0.243 e. The van der Waals surface area contributed by atoms with E-state index in [2.05, 4.69) is 5.32 Å². The Kier molecular flexibility index (Phi) is 4.13. The van der Waals surface area contributed by atoms with Gasteiger partial charge >= 0.3 is 0 Å². The third-order valence-electron chi connectivity index (χ3n) is 3.77. The van der Waals surface area contributed by atoms with Gasteiger partial charge in [0.25, 0.3) is 0 Å². The molecule has 2 N–H and O–H groups in total. The van der Waals surface area contributed by atoms with E-state index < -0.39 is 10.0 Å². The molecule has 0 bridgehead atoms. The van der Waals surface area contributed by atoms with Crippen LogP contribution < -0.4 is 5.32 Å². The molecule has 1 aromatic carbocycles. The lowest BCUT2D eigenvalue weighted by atomic mass is 10.0. The monoisotopic (exact) mass is 284 g/mol. The van der Waals surface area contributed by atoms with E-state index in [1.807, 2.05) is 6.92 Å². The molecule has 0 amide bonds. The molecule has 1 saturated heterocycles. The predicted molar refractivity (Wildman–Crippen MR) is 74.5 cm³/mol. The Morgan fingerprint density at radius 3 is 2.53 bits per heavy atom. The molecule has 0 radical (unpaired) electrons. The normalized spacial score (nSPS) is 24.6. The largest absolute Gasteiger partial charge is 0.395 e. The Bertz CT molecular complexity index is 527. The van der Waals surface area contributed by atoms with Crippen LogP contribution in [0.2, 0.25) is 0 Å². The molecule has 1 heterocycles. The van der Waals surface area contributed by atoms with Crippen LogP contribution in [0.5, 0.6) is 0 Å². The van der Waals surface area contributed by atoms with E-state index in [-0.39, 0.29) is 23.5 Å². The summed E-state index contributed by atoms with van der Waals surface area (Å²) in [6, 6.07) is 6.35. The minimum Gasteiger partial charge on any atom is -0.395 e. The van der Waals surface area contributed by atoms with Crippen molar-refractivity contribution in [3.63, 3.8) is 0 Å². The number of rotatable bonds is 4. The lowest BCUT2D eigenvalue weighted by Crippen LogP contribution is -2.39. The van der Waals surface area contributed by atoms with Crippen molar-refractivity contribution in [2.24, 2.45) is 5.92 Å². The third-order valence-corrected chi connectivity index (χ3v) is 5.71. The molecule has 0 saturated carbocycles. The number of nitrogens with one attached hydrogen (secondary N) is 1. The Labute approximate surface area is 114 Å². The van der Waals surface area contributed by atoms with Crippen molar-refractivity contribution in [2.75, 3.05) is 25.5 Å². The van der Waals surface area contributed by atoms with Crippen LogP contribution in [0.25, 0.3) is 0 Å². The van der Waals surface area contributed by atoms with E-state index in [1.165, 1.54) is 4.31 Å². The summed E-state index contributed by atoms with van der Waals surface area (Å²) < 4.78 is 26.5. The van der Waals surface area contributed by atoms with E-state index in [4.69, 9.17) is 0 Å². The average molecular weight is 284 g/mol. The Hall–Kier alpha value is -1.11. The standard InChI is InChI=1S/C13H20N2O3S/c1-10-7-8-15(13(10)9-16)19(17,18)12-5-3-11(14-2)4-6-12/h3-6,10,13-14,16H,7-9H2,1-2H3. The van der Waals surface area contributed by atoms with Gasteiger partial charge in [-0.15, -0.1) is 0 Å². The number of nitrogens with zero attached hydrogens (tertiary/aromatic N) is 1.